The lowest BCUT2D eigenvalue weighted by molar-refractivity contribution is -0.153. The van der Waals surface area contributed by atoms with Crippen LogP contribution in [0.4, 0.5) is 0 Å². The van der Waals surface area contributed by atoms with Gasteiger partial charge in [-0.15, -0.1) is 0 Å². The number of ketones is 1. The third-order valence-electron chi connectivity index (χ3n) is 4.77. The van der Waals surface area contributed by atoms with E-state index in [-0.39, 0.29) is 12.2 Å². The predicted molar refractivity (Wildman–Crippen MR) is 70.2 cm³/mol. The number of hydrogen-bond acceptors (Lipinski definition) is 3. The SMILES string of the molecule is CCC1=C(CC)[C@@](O)(C2(O)CCCCC2)CC1=O. The van der Waals surface area contributed by atoms with Crippen LogP contribution >= 0.6 is 0 Å². The topological polar surface area (TPSA) is 57.5 Å². The number of carbonyl (C=O) groups excluding carboxylic acids is 1. The predicted octanol–water partition coefficient (Wildman–Crippen LogP) is 2.50. The first-order valence-corrected chi connectivity index (χ1v) is 7.19. The van der Waals surface area contributed by atoms with E-state index >= 15 is 0 Å². The highest BCUT2D eigenvalue weighted by atomic mass is 16.4. The zero-order chi connectivity index (χ0) is 13.4. The summed E-state index contributed by atoms with van der Waals surface area (Å²) in [6.45, 7) is 3.90. The van der Waals surface area contributed by atoms with Crippen molar-refractivity contribution in [1.29, 1.82) is 0 Å². The van der Waals surface area contributed by atoms with E-state index in [4.69, 9.17) is 0 Å². The van der Waals surface area contributed by atoms with Gasteiger partial charge >= 0.3 is 0 Å². The molecule has 0 saturated heterocycles. The maximum Gasteiger partial charge on any atom is 0.162 e. The summed E-state index contributed by atoms with van der Waals surface area (Å²) in [7, 11) is 0. The molecule has 2 rings (SSSR count). The van der Waals surface area contributed by atoms with Crippen molar-refractivity contribution in [3.8, 4) is 0 Å². The van der Waals surface area contributed by atoms with Gasteiger partial charge in [0.2, 0.25) is 0 Å². The molecule has 0 aromatic heterocycles. The van der Waals surface area contributed by atoms with Gasteiger partial charge < -0.3 is 10.2 Å². The maximum atomic E-state index is 12.0. The molecule has 0 aromatic carbocycles. The van der Waals surface area contributed by atoms with E-state index < -0.39 is 11.2 Å². The fourth-order valence-corrected chi connectivity index (χ4v) is 3.78. The first-order valence-electron chi connectivity index (χ1n) is 7.19. The Kier molecular flexibility index (Phi) is 3.65. The number of Topliss-reactive ketones (excluding diaryl/α,β-unsaturated/α-hetero) is 1. The van der Waals surface area contributed by atoms with Crippen LogP contribution in [-0.4, -0.2) is 27.2 Å². The van der Waals surface area contributed by atoms with Gasteiger partial charge in [0.05, 0.1) is 5.60 Å². The summed E-state index contributed by atoms with van der Waals surface area (Å²) in [5, 5.41) is 21.8. The molecule has 3 heteroatoms. The second kappa shape index (κ2) is 4.78. The van der Waals surface area contributed by atoms with Crippen LogP contribution in [0.15, 0.2) is 11.1 Å². The van der Waals surface area contributed by atoms with E-state index in [1.54, 1.807) is 0 Å². The molecule has 0 spiro atoms. The number of aliphatic hydroxyl groups is 2. The highest BCUT2D eigenvalue weighted by molar-refractivity contribution is 6.00. The van der Waals surface area contributed by atoms with Crippen LogP contribution in [0, 0.1) is 0 Å². The van der Waals surface area contributed by atoms with E-state index in [0.717, 1.165) is 30.4 Å². The Hall–Kier alpha value is -0.670. The quantitative estimate of drug-likeness (QED) is 0.811. The maximum absolute atomic E-state index is 12.0. The van der Waals surface area contributed by atoms with E-state index in [9.17, 15) is 15.0 Å². The monoisotopic (exact) mass is 252 g/mol. The lowest BCUT2D eigenvalue weighted by Gasteiger charge is -2.45. The highest BCUT2D eigenvalue weighted by Gasteiger charge is 2.56. The van der Waals surface area contributed by atoms with Crippen molar-refractivity contribution >= 4 is 5.78 Å². The lowest BCUT2D eigenvalue weighted by atomic mass is 9.69. The van der Waals surface area contributed by atoms with Crippen molar-refractivity contribution < 1.29 is 15.0 Å². The molecule has 0 heterocycles. The molecule has 0 unspecified atom stereocenters. The van der Waals surface area contributed by atoms with Crippen molar-refractivity contribution in [2.24, 2.45) is 0 Å². The Morgan fingerprint density at radius 1 is 1.06 bits per heavy atom. The van der Waals surface area contributed by atoms with Gasteiger partial charge in [0.15, 0.2) is 5.78 Å². The van der Waals surface area contributed by atoms with Crippen molar-refractivity contribution in [2.45, 2.75) is 76.4 Å². The minimum absolute atomic E-state index is 0.0239. The van der Waals surface area contributed by atoms with Crippen LogP contribution in [0.25, 0.3) is 0 Å². The molecule has 3 nitrogen and oxygen atoms in total. The standard InChI is InChI=1S/C15H24O3/c1-3-11-12(4-2)15(18,10-13(11)16)14(17)8-6-5-7-9-14/h17-18H,3-10H2,1-2H3/t15-/m1/s1. The molecule has 0 bridgehead atoms. The third kappa shape index (κ3) is 1.84. The van der Waals surface area contributed by atoms with Gasteiger partial charge in [0, 0.05) is 6.42 Å². The van der Waals surface area contributed by atoms with E-state index in [0.29, 0.717) is 25.7 Å². The Morgan fingerprint density at radius 3 is 2.17 bits per heavy atom. The van der Waals surface area contributed by atoms with Crippen LogP contribution in [0.3, 0.4) is 0 Å². The second-order valence-electron chi connectivity index (χ2n) is 5.72. The molecule has 2 N–H and O–H groups in total. The first kappa shape index (κ1) is 13.8. The number of rotatable bonds is 3. The van der Waals surface area contributed by atoms with E-state index in [1.165, 1.54) is 0 Å². The van der Waals surface area contributed by atoms with Crippen molar-refractivity contribution in [2.75, 3.05) is 0 Å². The van der Waals surface area contributed by atoms with Gasteiger partial charge in [-0.1, -0.05) is 33.1 Å². The number of allylic oxidation sites excluding steroid dienone is 1. The molecule has 0 radical (unpaired) electrons. The fourth-order valence-electron chi connectivity index (χ4n) is 3.78. The average Bonchev–Trinajstić information content (AvgIpc) is 2.61. The first-order chi connectivity index (χ1) is 8.48. The second-order valence-corrected chi connectivity index (χ2v) is 5.72. The summed E-state index contributed by atoms with van der Waals surface area (Å²) in [5.41, 5.74) is -0.855. The normalized spacial score (nSPS) is 32.1. The van der Waals surface area contributed by atoms with Crippen LogP contribution in [-0.2, 0) is 4.79 Å². The van der Waals surface area contributed by atoms with Crippen LogP contribution in [0.1, 0.15) is 65.2 Å². The molecule has 2 aliphatic carbocycles. The Labute approximate surface area is 109 Å². The molecule has 0 amide bonds. The van der Waals surface area contributed by atoms with Gasteiger partial charge in [-0.25, -0.2) is 0 Å². The van der Waals surface area contributed by atoms with Crippen molar-refractivity contribution in [3.63, 3.8) is 0 Å². The van der Waals surface area contributed by atoms with Crippen molar-refractivity contribution in [1.82, 2.24) is 0 Å². The summed E-state index contributed by atoms with van der Waals surface area (Å²) in [6, 6.07) is 0. The smallest absolute Gasteiger partial charge is 0.162 e. The number of hydrogen-bond donors (Lipinski definition) is 2. The zero-order valence-electron chi connectivity index (χ0n) is 11.5. The molecule has 1 atom stereocenters. The minimum Gasteiger partial charge on any atom is -0.387 e. The van der Waals surface area contributed by atoms with E-state index in [2.05, 4.69) is 0 Å². The van der Waals surface area contributed by atoms with Gasteiger partial charge in [0.1, 0.15) is 5.60 Å². The zero-order valence-corrected chi connectivity index (χ0v) is 11.5. The fraction of sp³-hybridized carbons (Fsp3) is 0.800. The lowest BCUT2D eigenvalue weighted by Crippen LogP contribution is -2.55. The van der Waals surface area contributed by atoms with Crippen LogP contribution in [0.2, 0.25) is 0 Å². The molecule has 2 aliphatic rings. The largest absolute Gasteiger partial charge is 0.387 e. The summed E-state index contributed by atoms with van der Waals surface area (Å²) < 4.78 is 0. The summed E-state index contributed by atoms with van der Waals surface area (Å²) in [6.07, 6.45) is 5.58. The molecular formula is C15H24O3. The molecule has 1 fully saturated rings. The van der Waals surface area contributed by atoms with Gasteiger partial charge in [-0.3, -0.25) is 4.79 Å². The van der Waals surface area contributed by atoms with Gasteiger partial charge in [0.25, 0.3) is 0 Å². The molecule has 0 aromatic rings. The molecule has 1 saturated carbocycles. The highest BCUT2D eigenvalue weighted by Crippen LogP contribution is 2.48. The molecule has 102 valence electrons. The van der Waals surface area contributed by atoms with Crippen LogP contribution < -0.4 is 0 Å². The molecule has 18 heavy (non-hydrogen) atoms. The van der Waals surface area contributed by atoms with Crippen LogP contribution in [0.5, 0.6) is 0 Å². The minimum atomic E-state index is -1.30. The Balaban J connectivity index is 2.41. The summed E-state index contributed by atoms with van der Waals surface area (Å²) in [5.74, 6) is 0.0239. The molecular weight excluding hydrogens is 228 g/mol. The summed E-state index contributed by atoms with van der Waals surface area (Å²) >= 11 is 0. The Morgan fingerprint density at radius 2 is 1.67 bits per heavy atom. The molecule has 0 aliphatic heterocycles. The van der Waals surface area contributed by atoms with Crippen molar-refractivity contribution in [3.05, 3.63) is 11.1 Å². The third-order valence-corrected chi connectivity index (χ3v) is 4.77. The van der Waals surface area contributed by atoms with E-state index in [1.807, 2.05) is 13.8 Å². The summed E-state index contributed by atoms with van der Waals surface area (Å²) in [4.78, 5) is 12.0. The Bertz CT molecular complexity index is 377. The van der Waals surface area contributed by atoms with Gasteiger partial charge in [-0.05, 0) is 36.8 Å². The number of carbonyl (C=O) groups is 1. The average molecular weight is 252 g/mol. The van der Waals surface area contributed by atoms with Gasteiger partial charge in [-0.2, -0.15) is 0 Å².